The van der Waals surface area contributed by atoms with Gasteiger partial charge in [-0.1, -0.05) is 6.07 Å². The number of nitriles is 1. The van der Waals surface area contributed by atoms with Crippen LogP contribution in [-0.4, -0.2) is 18.0 Å². The van der Waals surface area contributed by atoms with E-state index in [9.17, 15) is 19.8 Å². The van der Waals surface area contributed by atoms with Crippen molar-refractivity contribution in [1.82, 2.24) is 0 Å². The second kappa shape index (κ2) is 7.79. The van der Waals surface area contributed by atoms with Crippen molar-refractivity contribution < 1.29 is 9.31 Å². The lowest BCUT2D eigenvalue weighted by Gasteiger charge is -2.29. The molecular weight excluding hydrogens is 333 g/mol. The molecule has 6 heteroatoms. The summed E-state index contributed by atoms with van der Waals surface area (Å²) in [6.07, 6.45) is 4.91. The van der Waals surface area contributed by atoms with Gasteiger partial charge in [0.25, 0.3) is 5.69 Å². The predicted octanol–water partition coefficient (Wildman–Crippen LogP) is 4.79. The Morgan fingerprint density at radius 1 is 1.15 bits per heavy atom. The van der Waals surface area contributed by atoms with Gasteiger partial charge in [-0.3, -0.25) is 10.1 Å². The zero-order valence-electron chi connectivity index (χ0n) is 14.2. The number of nitro benzene ring substituents is 1. The summed E-state index contributed by atoms with van der Waals surface area (Å²) in [6.45, 7) is 1.72. The number of nitrogens with zero attached hydrogens (tertiary/aromatic N) is 3. The van der Waals surface area contributed by atoms with Gasteiger partial charge in [-0.05, 0) is 60.7 Å². The van der Waals surface area contributed by atoms with E-state index in [0.29, 0.717) is 22.4 Å². The molecule has 1 fully saturated rings. The van der Waals surface area contributed by atoms with Crippen LogP contribution < -0.4 is 4.90 Å². The van der Waals surface area contributed by atoms with Gasteiger partial charge in [-0.25, -0.2) is 4.39 Å². The Morgan fingerprint density at radius 3 is 2.42 bits per heavy atom. The topological polar surface area (TPSA) is 70.2 Å². The van der Waals surface area contributed by atoms with Gasteiger partial charge < -0.3 is 4.90 Å². The molecule has 1 aliphatic heterocycles. The number of allylic oxidation sites excluding steroid dienone is 1. The Hall–Kier alpha value is -3.20. The number of piperidine rings is 1. The summed E-state index contributed by atoms with van der Waals surface area (Å²) in [4.78, 5) is 12.3. The molecule has 3 rings (SSSR count). The fourth-order valence-corrected chi connectivity index (χ4v) is 3.11. The minimum Gasteiger partial charge on any atom is -0.369 e. The van der Waals surface area contributed by atoms with Crippen LogP contribution in [0.5, 0.6) is 0 Å². The third-order valence-corrected chi connectivity index (χ3v) is 4.49. The largest absolute Gasteiger partial charge is 0.369 e. The van der Waals surface area contributed by atoms with Crippen LogP contribution in [0.3, 0.4) is 0 Å². The normalized spacial score (nSPS) is 14.8. The summed E-state index contributed by atoms with van der Waals surface area (Å²) >= 11 is 0. The fourth-order valence-electron chi connectivity index (χ4n) is 3.11. The van der Waals surface area contributed by atoms with Crippen molar-refractivity contribution in [3.05, 3.63) is 69.5 Å². The fraction of sp³-hybridized carbons (Fsp3) is 0.250. The summed E-state index contributed by atoms with van der Waals surface area (Å²) in [5.41, 5.74) is 2.01. The molecule has 5 nitrogen and oxygen atoms in total. The van der Waals surface area contributed by atoms with E-state index in [1.165, 1.54) is 36.8 Å². The minimum atomic E-state index is -0.492. The van der Waals surface area contributed by atoms with Crippen LogP contribution in [0.15, 0.2) is 42.5 Å². The lowest BCUT2D eigenvalue weighted by Crippen LogP contribution is -2.30. The summed E-state index contributed by atoms with van der Waals surface area (Å²) in [5.74, 6) is -0.304. The molecule has 0 amide bonds. The third-order valence-electron chi connectivity index (χ3n) is 4.49. The average molecular weight is 351 g/mol. The maximum Gasteiger partial charge on any atom is 0.269 e. The van der Waals surface area contributed by atoms with E-state index in [1.807, 2.05) is 4.90 Å². The van der Waals surface area contributed by atoms with Gasteiger partial charge in [-0.2, -0.15) is 5.26 Å². The van der Waals surface area contributed by atoms with Crippen LogP contribution in [0.25, 0.3) is 11.6 Å². The second-order valence-corrected chi connectivity index (χ2v) is 6.23. The smallest absolute Gasteiger partial charge is 0.269 e. The predicted molar refractivity (Wildman–Crippen MR) is 99.0 cm³/mol. The summed E-state index contributed by atoms with van der Waals surface area (Å²) in [6, 6.07) is 12.8. The van der Waals surface area contributed by atoms with E-state index in [2.05, 4.69) is 6.07 Å². The first-order chi connectivity index (χ1) is 12.6. The third kappa shape index (κ3) is 3.89. The quantitative estimate of drug-likeness (QED) is 0.344. The zero-order chi connectivity index (χ0) is 18.5. The van der Waals surface area contributed by atoms with Gasteiger partial charge in [-0.15, -0.1) is 0 Å². The zero-order valence-corrected chi connectivity index (χ0v) is 14.2. The Labute approximate surface area is 151 Å². The number of nitro groups is 1. The first-order valence-corrected chi connectivity index (χ1v) is 8.49. The molecule has 0 radical (unpaired) electrons. The van der Waals surface area contributed by atoms with Gasteiger partial charge >= 0.3 is 0 Å². The van der Waals surface area contributed by atoms with Gasteiger partial charge in [0.15, 0.2) is 0 Å². The number of anilines is 1. The highest BCUT2D eigenvalue weighted by molar-refractivity contribution is 5.89. The SMILES string of the molecule is N#C/C(=C/c1ccc(N2CCCCC2)c(F)c1)c1ccc([N+](=O)[O-])cc1. The van der Waals surface area contributed by atoms with E-state index in [-0.39, 0.29) is 11.5 Å². The van der Waals surface area contributed by atoms with Crippen molar-refractivity contribution in [1.29, 1.82) is 5.26 Å². The van der Waals surface area contributed by atoms with Crippen molar-refractivity contribution in [3.8, 4) is 6.07 Å². The van der Waals surface area contributed by atoms with Crippen molar-refractivity contribution in [2.45, 2.75) is 19.3 Å². The van der Waals surface area contributed by atoms with Crippen LogP contribution in [0.4, 0.5) is 15.8 Å². The van der Waals surface area contributed by atoms with E-state index in [1.54, 1.807) is 18.2 Å². The first-order valence-electron chi connectivity index (χ1n) is 8.49. The standard InChI is InChI=1S/C20H18FN3O2/c21-19-13-15(4-9-20(19)23-10-2-1-3-11-23)12-17(14-22)16-5-7-18(8-6-16)24(25)26/h4-9,12-13H,1-3,10-11H2/b17-12-. The Bertz CT molecular complexity index is 879. The molecule has 0 spiro atoms. The second-order valence-electron chi connectivity index (χ2n) is 6.23. The average Bonchev–Trinajstić information content (AvgIpc) is 2.67. The summed E-state index contributed by atoms with van der Waals surface area (Å²) in [5, 5.41) is 20.1. The van der Waals surface area contributed by atoms with Crippen molar-refractivity contribution in [2.75, 3.05) is 18.0 Å². The Morgan fingerprint density at radius 2 is 1.85 bits per heavy atom. The molecule has 26 heavy (non-hydrogen) atoms. The molecule has 0 unspecified atom stereocenters. The van der Waals surface area contributed by atoms with Crippen LogP contribution in [0.2, 0.25) is 0 Å². The Kier molecular flexibility index (Phi) is 5.28. The number of rotatable bonds is 4. The highest BCUT2D eigenvalue weighted by atomic mass is 19.1. The van der Waals surface area contributed by atoms with Gasteiger partial charge in [0.1, 0.15) is 5.82 Å². The number of benzene rings is 2. The molecule has 0 saturated carbocycles. The first kappa shape index (κ1) is 17.6. The molecule has 1 aliphatic rings. The molecule has 0 atom stereocenters. The van der Waals surface area contributed by atoms with Gasteiger partial charge in [0.05, 0.1) is 22.3 Å². The minimum absolute atomic E-state index is 0.0389. The monoisotopic (exact) mass is 351 g/mol. The highest BCUT2D eigenvalue weighted by Gasteiger charge is 2.15. The number of halogens is 1. The highest BCUT2D eigenvalue weighted by Crippen LogP contribution is 2.26. The van der Waals surface area contributed by atoms with E-state index < -0.39 is 4.92 Å². The van der Waals surface area contributed by atoms with Gasteiger partial charge in [0, 0.05) is 25.2 Å². The maximum absolute atomic E-state index is 14.5. The lowest BCUT2D eigenvalue weighted by atomic mass is 10.0. The van der Waals surface area contributed by atoms with Gasteiger partial charge in [0.2, 0.25) is 0 Å². The van der Waals surface area contributed by atoms with E-state index in [4.69, 9.17) is 0 Å². The molecule has 0 aromatic heterocycles. The molecule has 132 valence electrons. The molecule has 0 bridgehead atoms. The molecule has 2 aromatic carbocycles. The molecule has 0 N–H and O–H groups in total. The van der Waals surface area contributed by atoms with Crippen LogP contribution in [-0.2, 0) is 0 Å². The van der Waals surface area contributed by atoms with E-state index >= 15 is 0 Å². The molecule has 0 aliphatic carbocycles. The van der Waals surface area contributed by atoms with Crippen molar-refractivity contribution >= 4 is 23.0 Å². The van der Waals surface area contributed by atoms with Crippen LogP contribution in [0.1, 0.15) is 30.4 Å². The Balaban J connectivity index is 1.86. The lowest BCUT2D eigenvalue weighted by molar-refractivity contribution is -0.384. The number of non-ortho nitro benzene ring substituents is 1. The molecule has 1 saturated heterocycles. The summed E-state index contributed by atoms with van der Waals surface area (Å²) < 4.78 is 14.5. The maximum atomic E-state index is 14.5. The van der Waals surface area contributed by atoms with Crippen LogP contribution >= 0.6 is 0 Å². The van der Waals surface area contributed by atoms with Crippen LogP contribution in [0, 0.1) is 27.3 Å². The number of hydrogen-bond donors (Lipinski definition) is 0. The van der Waals surface area contributed by atoms with E-state index in [0.717, 1.165) is 25.9 Å². The molecule has 1 heterocycles. The number of hydrogen-bond acceptors (Lipinski definition) is 4. The van der Waals surface area contributed by atoms with Crippen molar-refractivity contribution in [3.63, 3.8) is 0 Å². The summed E-state index contributed by atoms with van der Waals surface area (Å²) in [7, 11) is 0. The van der Waals surface area contributed by atoms with Crippen molar-refractivity contribution in [2.24, 2.45) is 0 Å². The molecular formula is C20H18FN3O2. The molecule has 2 aromatic rings.